The molecule has 2 aliphatic rings. The number of benzene rings is 3. The zero-order valence-electron chi connectivity index (χ0n) is 22.6. The summed E-state index contributed by atoms with van der Waals surface area (Å²) in [6.07, 6.45) is 1.78. The number of ether oxygens (including phenoxy) is 5. The molecule has 3 aromatic carbocycles. The van der Waals surface area contributed by atoms with Gasteiger partial charge in [0, 0.05) is 11.1 Å². The quantitative estimate of drug-likeness (QED) is 0.313. The third-order valence-electron chi connectivity index (χ3n) is 6.80. The average Bonchev–Trinajstić information content (AvgIpc) is 3.59. The van der Waals surface area contributed by atoms with Crippen molar-refractivity contribution in [2.75, 3.05) is 27.6 Å². The third kappa shape index (κ3) is 4.66. The SMILES string of the molecule is CCOC(=O)C1=C(c2ccccc2)N=c2s/c(=C\c3ccc4c(c3)OCO4)c(=O)n2C1c1cccc(OC)c1OC. The first-order valence-corrected chi connectivity index (χ1v) is 13.7. The minimum absolute atomic E-state index is 0.154. The molecule has 1 unspecified atom stereocenters. The smallest absolute Gasteiger partial charge is 0.338 e. The fourth-order valence-corrected chi connectivity index (χ4v) is 6.02. The van der Waals surface area contributed by atoms with E-state index in [0.717, 1.165) is 11.1 Å². The lowest BCUT2D eigenvalue weighted by molar-refractivity contribution is -0.138. The van der Waals surface area contributed by atoms with Crippen molar-refractivity contribution < 1.29 is 28.5 Å². The second-order valence-electron chi connectivity index (χ2n) is 9.13. The molecule has 3 heterocycles. The van der Waals surface area contributed by atoms with Crippen LogP contribution in [-0.2, 0) is 9.53 Å². The van der Waals surface area contributed by atoms with Crippen molar-refractivity contribution in [3.8, 4) is 23.0 Å². The van der Waals surface area contributed by atoms with Gasteiger partial charge in [-0.3, -0.25) is 9.36 Å². The van der Waals surface area contributed by atoms with E-state index in [2.05, 4.69) is 0 Å². The van der Waals surface area contributed by atoms with Gasteiger partial charge < -0.3 is 23.7 Å². The zero-order chi connectivity index (χ0) is 28.5. The number of aromatic nitrogens is 1. The van der Waals surface area contributed by atoms with E-state index in [0.29, 0.717) is 43.6 Å². The number of hydrogen-bond donors (Lipinski definition) is 0. The van der Waals surface area contributed by atoms with E-state index < -0.39 is 12.0 Å². The predicted octanol–water partition coefficient (Wildman–Crippen LogP) is 3.68. The second-order valence-corrected chi connectivity index (χ2v) is 10.1. The fourth-order valence-electron chi connectivity index (χ4n) is 5.02. The molecule has 0 fully saturated rings. The largest absolute Gasteiger partial charge is 0.493 e. The summed E-state index contributed by atoms with van der Waals surface area (Å²) in [6.45, 7) is 2.05. The highest BCUT2D eigenvalue weighted by Crippen LogP contribution is 2.42. The summed E-state index contributed by atoms with van der Waals surface area (Å²) < 4.78 is 29.8. The summed E-state index contributed by atoms with van der Waals surface area (Å²) in [5, 5.41) is 0. The molecule has 0 amide bonds. The summed E-state index contributed by atoms with van der Waals surface area (Å²) in [5.41, 5.74) is 2.39. The molecule has 41 heavy (non-hydrogen) atoms. The number of nitrogens with zero attached hydrogens (tertiary/aromatic N) is 2. The Kier molecular flexibility index (Phi) is 7.07. The monoisotopic (exact) mass is 570 g/mol. The Morgan fingerprint density at radius 2 is 1.85 bits per heavy atom. The van der Waals surface area contributed by atoms with Crippen molar-refractivity contribution in [2.45, 2.75) is 13.0 Å². The predicted molar refractivity (Wildman–Crippen MR) is 153 cm³/mol. The van der Waals surface area contributed by atoms with Crippen LogP contribution >= 0.6 is 11.3 Å². The van der Waals surface area contributed by atoms with Crippen LogP contribution in [0.2, 0.25) is 0 Å². The highest BCUT2D eigenvalue weighted by Gasteiger charge is 2.37. The maximum atomic E-state index is 14.1. The Balaban J connectivity index is 1.66. The van der Waals surface area contributed by atoms with Gasteiger partial charge in [-0.2, -0.15) is 0 Å². The van der Waals surface area contributed by atoms with Crippen LogP contribution in [0.4, 0.5) is 0 Å². The molecule has 9 nitrogen and oxygen atoms in total. The van der Waals surface area contributed by atoms with E-state index in [9.17, 15) is 9.59 Å². The highest BCUT2D eigenvalue weighted by atomic mass is 32.1. The number of rotatable bonds is 7. The molecule has 2 aliphatic heterocycles. The number of carbonyl (C=O) groups is 1. The minimum Gasteiger partial charge on any atom is -0.493 e. The number of carbonyl (C=O) groups excluding carboxylic acids is 1. The van der Waals surface area contributed by atoms with E-state index >= 15 is 0 Å². The van der Waals surface area contributed by atoms with Gasteiger partial charge in [-0.1, -0.05) is 59.9 Å². The molecule has 0 saturated heterocycles. The van der Waals surface area contributed by atoms with Crippen LogP contribution in [0.1, 0.15) is 29.7 Å². The summed E-state index contributed by atoms with van der Waals surface area (Å²) in [6, 6.07) is 19.3. The Bertz CT molecular complexity index is 1860. The van der Waals surface area contributed by atoms with Gasteiger partial charge in [0.15, 0.2) is 27.8 Å². The van der Waals surface area contributed by atoms with Crippen molar-refractivity contribution in [2.24, 2.45) is 4.99 Å². The number of methoxy groups -OCH3 is 2. The molecule has 0 saturated carbocycles. The Hall–Kier alpha value is -4.83. The highest BCUT2D eigenvalue weighted by molar-refractivity contribution is 7.07. The van der Waals surface area contributed by atoms with Crippen molar-refractivity contribution in [1.29, 1.82) is 0 Å². The van der Waals surface area contributed by atoms with E-state index in [1.165, 1.54) is 30.1 Å². The molecule has 1 aromatic heterocycles. The topological polar surface area (TPSA) is 97.6 Å². The summed E-state index contributed by atoms with van der Waals surface area (Å²) in [7, 11) is 3.06. The number of esters is 1. The van der Waals surface area contributed by atoms with E-state index in [-0.39, 0.29) is 24.5 Å². The molecule has 0 aliphatic carbocycles. The van der Waals surface area contributed by atoms with Gasteiger partial charge >= 0.3 is 5.97 Å². The number of fused-ring (bicyclic) bond motifs is 2. The van der Waals surface area contributed by atoms with E-state index in [1.54, 1.807) is 25.1 Å². The van der Waals surface area contributed by atoms with E-state index in [1.807, 2.05) is 54.6 Å². The summed E-state index contributed by atoms with van der Waals surface area (Å²) in [4.78, 5) is 33.1. The van der Waals surface area contributed by atoms with Gasteiger partial charge in [-0.15, -0.1) is 0 Å². The lowest BCUT2D eigenvalue weighted by Crippen LogP contribution is -2.40. The van der Waals surface area contributed by atoms with Crippen molar-refractivity contribution in [1.82, 2.24) is 4.57 Å². The molecular formula is C31H26N2O7S. The van der Waals surface area contributed by atoms with Crippen LogP contribution in [0.15, 0.2) is 82.1 Å². The molecule has 0 spiro atoms. The number of para-hydroxylation sites is 1. The first-order valence-electron chi connectivity index (χ1n) is 12.9. The summed E-state index contributed by atoms with van der Waals surface area (Å²) >= 11 is 1.24. The Labute approximate surface area is 239 Å². The van der Waals surface area contributed by atoms with Gasteiger partial charge in [-0.25, -0.2) is 9.79 Å². The van der Waals surface area contributed by atoms with Crippen molar-refractivity contribution in [3.05, 3.63) is 109 Å². The maximum Gasteiger partial charge on any atom is 0.338 e. The lowest BCUT2D eigenvalue weighted by atomic mass is 9.92. The zero-order valence-corrected chi connectivity index (χ0v) is 23.4. The van der Waals surface area contributed by atoms with Crippen LogP contribution in [0, 0.1) is 0 Å². The van der Waals surface area contributed by atoms with Crippen LogP contribution in [-0.4, -0.2) is 38.2 Å². The van der Waals surface area contributed by atoms with Gasteiger partial charge in [0.2, 0.25) is 6.79 Å². The maximum absolute atomic E-state index is 14.1. The first kappa shape index (κ1) is 26.4. The van der Waals surface area contributed by atoms with Gasteiger partial charge in [0.05, 0.1) is 36.6 Å². The standard InChI is InChI=1S/C31H26N2O7S/c1-4-38-30(35)25-26(19-9-6-5-7-10-19)32-31-33(27(25)20-11-8-12-22(36-2)28(20)37-3)29(34)24(41-31)16-18-13-14-21-23(15-18)40-17-39-21/h5-16,27H,4,17H2,1-3H3/b24-16-. The molecule has 208 valence electrons. The van der Waals surface area contributed by atoms with Crippen LogP contribution in [0.3, 0.4) is 0 Å². The molecular weight excluding hydrogens is 544 g/mol. The molecule has 10 heteroatoms. The van der Waals surface area contributed by atoms with Gasteiger partial charge in [-0.05, 0) is 36.8 Å². The summed E-state index contributed by atoms with van der Waals surface area (Å²) in [5.74, 6) is 1.56. The molecule has 0 radical (unpaired) electrons. The number of thiazole rings is 1. The van der Waals surface area contributed by atoms with Crippen molar-refractivity contribution in [3.63, 3.8) is 0 Å². The van der Waals surface area contributed by atoms with Crippen LogP contribution in [0.25, 0.3) is 11.8 Å². The minimum atomic E-state index is -0.899. The van der Waals surface area contributed by atoms with Gasteiger partial charge in [0.1, 0.15) is 6.04 Å². The van der Waals surface area contributed by atoms with Crippen LogP contribution in [0.5, 0.6) is 23.0 Å². The Morgan fingerprint density at radius 3 is 2.61 bits per heavy atom. The van der Waals surface area contributed by atoms with Gasteiger partial charge in [0.25, 0.3) is 5.56 Å². The van der Waals surface area contributed by atoms with E-state index in [4.69, 9.17) is 28.7 Å². The van der Waals surface area contributed by atoms with Crippen LogP contribution < -0.4 is 33.8 Å². The van der Waals surface area contributed by atoms with Crippen molar-refractivity contribution >= 4 is 29.1 Å². The average molecular weight is 571 g/mol. The fraction of sp³-hybridized carbons (Fsp3) is 0.194. The number of hydrogen-bond acceptors (Lipinski definition) is 9. The first-order chi connectivity index (χ1) is 20.0. The second kappa shape index (κ2) is 11.0. The molecule has 6 rings (SSSR count). The molecule has 1 atom stereocenters. The molecule has 0 N–H and O–H groups in total. The third-order valence-corrected chi connectivity index (χ3v) is 7.78. The molecule has 0 bridgehead atoms. The normalized spacial score (nSPS) is 15.8. The Morgan fingerprint density at radius 1 is 1.05 bits per heavy atom. The lowest BCUT2D eigenvalue weighted by Gasteiger charge is -2.27. The molecule has 4 aromatic rings.